The van der Waals surface area contributed by atoms with Gasteiger partial charge in [-0.25, -0.2) is 0 Å². The molecule has 0 amide bonds. The molecule has 12 heavy (non-hydrogen) atoms. The molecule has 1 aliphatic carbocycles. The van der Waals surface area contributed by atoms with Gasteiger partial charge in [0.2, 0.25) is 0 Å². The summed E-state index contributed by atoms with van der Waals surface area (Å²) < 4.78 is 0. The third kappa shape index (κ3) is 2.36. The van der Waals surface area contributed by atoms with Crippen LogP contribution in [0.3, 0.4) is 0 Å². The first-order valence-electron chi connectivity index (χ1n) is 4.50. The summed E-state index contributed by atoms with van der Waals surface area (Å²) in [6, 6.07) is 0.668. The molecule has 0 aromatic rings. The first-order chi connectivity index (χ1) is 5.55. The lowest BCUT2D eigenvalue weighted by Crippen LogP contribution is -2.38. The molecule has 1 rings (SSSR count). The molecule has 0 unspecified atom stereocenters. The number of hydrogen-bond donors (Lipinski definition) is 0. The number of rotatable bonds is 3. The lowest BCUT2D eigenvalue weighted by Gasteiger charge is -2.33. The van der Waals surface area contributed by atoms with E-state index in [1.165, 1.54) is 12.8 Å². The highest BCUT2D eigenvalue weighted by atomic mass is 15.5. The molecule has 0 radical (unpaired) electrons. The fourth-order valence-electron chi connectivity index (χ4n) is 1.25. The molecule has 0 aromatic carbocycles. The van der Waals surface area contributed by atoms with E-state index in [1.54, 1.807) is 12.3 Å². The third-order valence-electron chi connectivity index (χ3n) is 1.88. The van der Waals surface area contributed by atoms with E-state index in [2.05, 4.69) is 37.5 Å². The Hall–Kier alpha value is -0.790. The van der Waals surface area contributed by atoms with Crippen molar-refractivity contribution in [3.05, 3.63) is 12.7 Å². The standard InChI is InChI=1S/C10H18N2/c1-5-8-11-12(9-6-7-9)10(2,3)4/h5,8-9H,1,6-7H2,2-4H3/b11-8-. The van der Waals surface area contributed by atoms with Crippen LogP contribution in [0.4, 0.5) is 0 Å². The molecule has 68 valence electrons. The Morgan fingerprint density at radius 2 is 2.00 bits per heavy atom. The van der Waals surface area contributed by atoms with E-state index in [0.717, 1.165) is 0 Å². The van der Waals surface area contributed by atoms with E-state index in [0.29, 0.717) is 6.04 Å². The first-order valence-corrected chi connectivity index (χ1v) is 4.50. The van der Waals surface area contributed by atoms with E-state index in [1.807, 2.05) is 0 Å². The van der Waals surface area contributed by atoms with Crippen molar-refractivity contribution in [1.29, 1.82) is 0 Å². The summed E-state index contributed by atoms with van der Waals surface area (Å²) >= 11 is 0. The van der Waals surface area contributed by atoms with Gasteiger partial charge in [0.05, 0.1) is 0 Å². The molecule has 0 heterocycles. The van der Waals surface area contributed by atoms with Gasteiger partial charge in [-0.3, -0.25) is 5.01 Å². The second-order valence-corrected chi connectivity index (χ2v) is 4.25. The lowest BCUT2D eigenvalue weighted by molar-refractivity contribution is 0.134. The molecule has 2 heteroatoms. The van der Waals surface area contributed by atoms with Gasteiger partial charge in [0.15, 0.2) is 0 Å². The monoisotopic (exact) mass is 166 g/mol. The van der Waals surface area contributed by atoms with Crippen LogP contribution in [0, 0.1) is 0 Å². The Morgan fingerprint density at radius 1 is 1.42 bits per heavy atom. The highest BCUT2D eigenvalue weighted by Crippen LogP contribution is 2.32. The summed E-state index contributed by atoms with van der Waals surface area (Å²) in [7, 11) is 0. The van der Waals surface area contributed by atoms with Crippen molar-refractivity contribution < 1.29 is 0 Å². The predicted molar refractivity (Wildman–Crippen MR) is 53.3 cm³/mol. The van der Waals surface area contributed by atoms with Gasteiger partial charge in [-0.1, -0.05) is 6.58 Å². The van der Waals surface area contributed by atoms with Gasteiger partial charge in [0.25, 0.3) is 0 Å². The fraction of sp³-hybridized carbons (Fsp3) is 0.700. The quantitative estimate of drug-likeness (QED) is 0.464. The van der Waals surface area contributed by atoms with E-state index in [-0.39, 0.29) is 5.54 Å². The first kappa shape index (κ1) is 9.30. The second-order valence-electron chi connectivity index (χ2n) is 4.25. The molecule has 0 saturated heterocycles. The van der Waals surface area contributed by atoms with Crippen molar-refractivity contribution >= 4 is 6.21 Å². The lowest BCUT2D eigenvalue weighted by atomic mass is 10.1. The smallest absolute Gasteiger partial charge is 0.0498 e. The molecule has 0 atom stereocenters. The molecule has 1 aliphatic rings. The van der Waals surface area contributed by atoms with Gasteiger partial charge >= 0.3 is 0 Å². The van der Waals surface area contributed by atoms with Crippen molar-refractivity contribution in [1.82, 2.24) is 5.01 Å². The van der Waals surface area contributed by atoms with E-state index < -0.39 is 0 Å². The summed E-state index contributed by atoms with van der Waals surface area (Å²) in [4.78, 5) is 0. The van der Waals surface area contributed by atoms with E-state index in [4.69, 9.17) is 0 Å². The summed E-state index contributed by atoms with van der Waals surface area (Å²) in [5, 5.41) is 6.54. The number of hydrogen-bond acceptors (Lipinski definition) is 2. The Labute approximate surface area is 75.0 Å². The van der Waals surface area contributed by atoms with Crippen LogP contribution in [0.5, 0.6) is 0 Å². The zero-order chi connectivity index (χ0) is 9.19. The predicted octanol–water partition coefficient (Wildman–Crippen LogP) is 2.42. The third-order valence-corrected chi connectivity index (χ3v) is 1.88. The minimum atomic E-state index is 0.140. The summed E-state index contributed by atoms with van der Waals surface area (Å²) in [6.07, 6.45) is 6.06. The summed E-state index contributed by atoms with van der Waals surface area (Å²) in [6.45, 7) is 10.2. The normalized spacial score (nSPS) is 18.2. The summed E-state index contributed by atoms with van der Waals surface area (Å²) in [5.74, 6) is 0. The molecule has 2 nitrogen and oxygen atoms in total. The van der Waals surface area contributed by atoms with Gasteiger partial charge in [-0.15, -0.1) is 0 Å². The molecular weight excluding hydrogens is 148 g/mol. The highest BCUT2D eigenvalue weighted by molar-refractivity contribution is 5.69. The van der Waals surface area contributed by atoms with Crippen LogP contribution < -0.4 is 0 Å². The number of nitrogens with zero attached hydrogens (tertiary/aromatic N) is 2. The molecule has 1 fully saturated rings. The molecule has 1 saturated carbocycles. The summed E-state index contributed by atoms with van der Waals surface area (Å²) in [5.41, 5.74) is 0.140. The molecule has 0 spiro atoms. The van der Waals surface area contributed by atoms with Crippen molar-refractivity contribution in [2.24, 2.45) is 5.10 Å². The Morgan fingerprint density at radius 3 is 2.33 bits per heavy atom. The Bertz CT molecular complexity index is 185. The van der Waals surface area contributed by atoms with E-state index in [9.17, 15) is 0 Å². The van der Waals surface area contributed by atoms with Gasteiger partial charge in [0.1, 0.15) is 0 Å². The fourth-order valence-corrected chi connectivity index (χ4v) is 1.25. The number of allylic oxidation sites excluding steroid dienone is 1. The SMILES string of the molecule is C=C/C=N\N(C1CC1)C(C)(C)C. The molecule has 0 aliphatic heterocycles. The van der Waals surface area contributed by atoms with Crippen LogP contribution in [-0.4, -0.2) is 22.8 Å². The zero-order valence-electron chi connectivity index (χ0n) is 8.25. The van der Waals surface area contributed by atoms with Crippen LogP contribution >= 0.6 is 0 Å². The second kappa shape index (κ2) is 3.30. The van der Waals surface area contributed by atoms with Gasteiger partial charge in [0, 0.05) is 17.8 Å². The topological polar surface area (TPSA) is 15.6 Å². The van der Waals surface area contributed by atoms with Crippen molar-refractivity contribution in [2.75, 3.05) is 0 Å². The van der Waals surface area contributed by atoms with Crippen molar-refractivity contribution in [3.8, 4) is 0 Å². The van der Waals surface area contributed by atoms with Crippen LogP contribution in [0.2, 0.25) is 0 Å². The average molecular weight is 166 g/mol. The molecular formula is C10H18N2. The van der Waals surface area contributed by atoms with Crippen LogP contribution in [0.1, 0.15) is 33.6 Å². The maximum Gasteiger partial charge on any atom is 0.0498 e. The van der Waals surface area contributed by atoms with Gasteiger partial charge in [-0.05, 0) is 39.7 Å². The van der Waals surface area contributed by atoms with Crippen LogP contribution in [0.15, 0.2) is 17.8 Å². The minimum absolute atomic E-state index is 0.140. The van der Waals surface area contributed by atoms with Crippen molar-refractivity contribution in [3.63, 3.8) is 0 Å². The molecule has 0 aromatic heterocycles. The van der Waals surface area contributed by atoms with Crippen molar-refractivity contribution in [2.45, 2.75) is 45.2 Å². The maximum absolute atomic E-state index is 4.37. The van der Waals surface area contributed by atoms with Gasteiger partial charge in [-0.2, -0.15) is 5.10 Å². The minimum Gasteiger partial charge on any atom is -0.289 e. The molecule has 0 N–H and O–H groups in total. The largest absolute Gasteiger partial charge is 0.289 e. The zero-order valence-corrected chi connectivity index (χ0v) is 8.25. The number of hydrazone groups is 1. The Kier molecular flexibility index (Phi) is 2.55. The van der Waals surface area contributed by atoms with Gasteiger partial charge < -0.3 is 0 Å². The van der Waals surface area contributed by atoms with E-state index >= 15 is 0 Å². The maximum atomic E-state index is 4.37. The van der Waals surface area contributed by atoms with Crippen LogP contribution in [-0.2, 0) is 0 Å². The Balaban J connectivity index is 2.60. The van der Waals surface area contributed by atoms with Crippen LogP contribution in [0.25, 0.3) is 0 Å². The molecule has 0 bridgehead atoms. The highest BCUT2D eigenvalue weighted by Gasteiger charge is 2.34. The average Bonchev–Trinajstić information content (AvgIpc) is 2.69.